The van der Waals surface area contributed by atoms with Gasteiger partial charge in [0.05, 0.1) is 18.0 Å². The Hall–Kier alpha value is -0.980. The highest BCUT2D eigenvalue weighted by atomic mass is 127. The summed E-state index contributed by atoms with van der Waals surface area (Å²) in [5, 5.41) is 0. The summed E-state index contributed by atoms with van der Waals surface area (Å²) in [5.41, 5.74) is 0. The Labute approximate surface area is 239 Å². The predicted octanol–water partition coefficient (Wildman–Crippen LogP) is 8.79. The molecule has 0 amide bonds. The lowest BCUT2D eigenvalue weighted by molar-refractivity contribution is 0.00195. The molecule has 6 heteroatoms. The number of hydrogen-bond acceptors (Lipinski definition) is 2. The van der Waals surface area contributed by atoms with Gasteiger partial charge in [0.15, 0.2) is 20.4 Å². The molecule has 168 valence electrons. The lowest BCUT2D eigenvalue weighted by atomic mass is 10.3. The molecule has 0 heterocycles. The fourth-order valence-electron chi connectivity index (χ4n) is 3.29. The van der Waals surface area contributed by atoms with Crippen molar-refractivity contribution in [3.8, 4) is 11.5 Å². The maximum atomic E-state index is 6.26. The first-order chi connectivity index (χ1) is 16.0. The molecule has 0 aliphatic rings. The molecule has 0 saturated carbocycles. The third-order valence-electron chi connectivity index (χ3n) is 4.83. The molecule has 33 heavy (non-hydrogen) atoms. The van der Waals surface area contributed by atoms with Crippen molar-refractivity contribution in [2.75, 3.05) is 0 Å². The Kier molecular flexibility index (Phi) is 9.23. The minimum Gasteiger partial charge on any atom is -0.455 e. The zero-order valence-corrected chi connectivity index (χ0v) is 25.2. The lowest BCUT2D eigenvalue weighted by Gasteiger charge is -2.21. The van der Waals surface area contributed by atoms with Gasteiger partial charge in [-0.25, -0.2) is 0 Å². The summed E-state index contributed by atoms with van der Waals surface area (Å²) in [7, 11) is -0.167. The van der Waals surface area contributed by atoms with E-state index in [1.165, 1.54) is 18.3 Å². The summed E-state index contributed by atoms with van der Waals surface area (Å²) in [6, 6.07) is 34.0. The van der Waals surface area contributed by atoms with Gasteiger partial charge in [-0.2, -0.15) is 0 Å². The van der Waals surface area contributed by atoms with Gasteiger partial charge in [-0.15, -0.1) is 0 Å². The number of rotatable bonds is 8. The van der Waals surface area contributed by atoms with Gasteiger partial charge in [-0.05, 0) is 128 Å². The number of halogens is 3. The molecular formula is C27H22I3O2S+. The second-order valence-corrected chi connectivity index (χ2v) is 12.8. The first kappa shape index (κ1) is 25.1. The zero-order chi connectivity index (χ0) is 23.2. The van der Waals surface area contributed by atoms with Gasteiger partial charge >= 0.3 is 0 Å². The van der Waals surface area contributed by atoms with Crippen molar-refractivity contribution in [3.63, 3.8) is 0 Å². The van der Waals surface area contributed by atoms with Crippen LogP contribution in [0, 0.1) is 10.7 Å². The summed E-state index contributed by atoms with van der Waals surface area (Å²) in [5.74, 6) is 1.69. The van der Waals surface area contributed by atoms with Gasteiger partial charge in [-0.3, -0.25) is 0 Å². The van der Waals surface area contributed by atoms with Gasteiger partial charge in [0, 0.05) is 9.99 Å². The fourth-order valence-corrected chi connectivity index (χ4v) is 9.21. The van der Waals surface area contributed by atoms with Crippen LogP contribution in [0.2, 0.25) is 0 Å². The summed E-state index contributed by atoms with van der Waals surface area (Å²) in [6.07, 6.45) is 0.401. The topological polar surface area (TPSA) is 18.5 Å². The van der Waals surface area contributed by atoms with E-state index < -0.39 is 0 Å². The maximum absolute atomic E-state index is 6.26. The van der Waals surface area contributed by atoms with E-state index in [4.69, 9.17) is 9.47 Å². The standard InChI is InChI=1S/C27H22I3O2S/c1-2-26(32-27-24(29)17-19(28)18-25(27)30)31-20-13-15-23(16-14-20)33(21-9-5-3-6-10-21)22-11-7-4-8-12-22/h3-18,26H,2H2,1H3/q+1. The molecule has 0 aromatic heterocycles. The molecular weight excluding hydrogens is 769 g/mol. The summed E-state index contributed by atoms with van der Waals surface area (Å²) in [4.78, 5) is 3.86. The molecule has 2 nitrogen and oxygen atoms in total. The largest absolute Gasteiger partial charge is 0.455 e. The van der Waals surface area contributed by atoms with Crippen LogP contribution in [0.5, 0.6) is 11.5 Å². The molecule has 0 N–H and O–H groups in total. The first-order valence-electron chi connectivity index (χ1n) is 10.5. The minimum absolute atomic E-state index is 0.167. The van der Waals surface area contributed by atoms with Crippen LogP contribution in [0.4, 0.5) is 0 Å². The highest BCUT2D eigenvalue weighted by molar-refractivity contribution is 14.1. The molecule has 0 fully saturated rings. The van der Waals surface area contributed by atoms with E-state index in [-0.39, 0.29) is 17.2 Å². The zero-order valence-electron chi connectivity index (χ0n) is 17.9. The van der Waals surface area contributed by atoms with Gasteiger partial charge < -0.3 is 9.47 Å². The molecule has 0 saturated heterocycles. The maximum Gasteiger partial charge on any atom is 0.240 e. The average molecular weight is 791 g/mol. The monoisotopic (exact) mass is 791 g/mol. The third-order valence-corrected chi connectivity index (χ3v) is 9.29. The first-order valence-corrected chi connectivity index (χ1v) is 14.9. The molecule has 0 aliphatic heterocycles. The molecule has 4 aromatic carbocycles. The predicted molar refractivity (Wildman–Crippen MR) is 161 cm³/mol. The van der Waals surface area contributed by atoms with Crippen molar-refractivity contribution < 1.29 is 9.47 Å². The molecule has 0 bridgehead atoms. The van der Waals surface area contributed by atoms with E-state index in [1.54, 1.807) is 0 Å². The fraction of sp³-hybridized carbons (Fsp3) is 0.111. The van der Waals surface area contributed by atoms with Crippen LogP contribution in [0.3, 0.4) is 0 Å². The molecule has 4 aromatic rings. The highest BCUT2D eigenvalue weighted by Crippen LogP contribution is 2.33. The van der Waals surface area contributed by atoms with Gasteiger partial charge in [0.25, 0.3) is 0 Å². The van der Waals surface area contributed by atoms with Crippen molar-refractivity contribution >= 4 is 78.7 Å². The number of benzene rings is 4. The van der Waals surface area contributed by atoms with E-state index in [9.17, 15) is 0 Å². The molecule has 0 spiro atoms. The van der Waals surface area contributed by atoms with Crippen LogP contribution in [-0.2, 0) is 10.9 Å². The summed E-state index contributed by atoms with van der Waals surface area (Å²) in [6.45, 7) is 2.08. The summed E-state index contributed by atoms with van der Waals surface area (Å²) < 4.78 is 15.9. The van der Waals surface area contributed by atoms with E-state index in [1.807, 2.05) is 0 Å². The van der Waals surface area contributed by atoms with E-state index in [2.05, 4.69) is 172 Å². The van der Waals surface area contributed by atoms with Crippen molar-refractivity contribution in [1.82, 2.24) is 0 Å². The average Bonchev–Trinajstić information content (AvgIpc) is 2.83. The molecule has 1 atom stereocenters. The van der Waals surface area contributed by atoms with Crippen LogP contribution >= 0.6 is 67.8 Å². The SMILES string of the molecule is CCC(Oc1ccc([S+](c2ccccc2)c2ccccc2)cc1)Oc1c(I)cc(I)cc1I. The summed E-state index contributed by atoms with van der Waals surface area (Å²) >= 11 is 6.98. The smallest absolute Gasteiger partial charge is 0.240 e. The highest BCUT2D eigenvalue weighted by Gasteiger charge is 2.28. The molecule has 0 aliphatic carbocycles. The van der Waals surface area contributed by atoms with Gasteiger partial charge in [0.1, 0.15) is 5.75 Å². The van der Waals surface area contributed by atoms with Crippen LogP contribution in [0.25, 0.3) is 0 Å². The van der Waals surface area contributed by atoms with Gasteiger partial charge in [0.2, 0.25) is 6.29 Å². The van der Waals surface area contributed by atoms with Crippen LogP contribution < -0.4 is 9.47 Å². The lowest BCUT2D eigenvalue weighted by Crippen LogP contribution is -2.23. The van der Waals surface area contributed by atoms with Gasteiger partial charge in [-0.1, -0.05) is 43.3 Å². The van der Waals surface area contributed by atoms with Crippen LogP contribution in [-0.4, -0.2) is 6.29 Å². The van der Waals surface area contributed by atoms with Crippen LogP contribution in [0.15, 0.2) is 112 Å². The van der Waals surface area contributed by atoms with E-state index >= 15 is 0 Å². The third kappa shape index (κ3) is 6.58. The Morgan fingerprint density at radius 3 is 1.64 bits per heavy atom. The second-order valence-electron chi connectivity index (χ2n) is 7.18. The Morgan fingerprint density at radius 1 is 0.667 bits per heavy atom. The normalized spacial score (nSPS) is 11.9. The minimum atomic E-state index is -0.348. The molecule has 1 unspecified atom stereocenters. The van der Waals surface area contributed by atoms with Crippen molar-refractivity contribution in [3.05, 3.63) is 108 Å². The van der Waals surface area contributed by atoms with E-state index in [0.717, 1.165) is 25.1 Å². The quantitative estimate of drug-likeness (QED) is 0.101. The van der Waals surface area contributed by atoms with Crippen molar-refractivity contribution in [2.45, 2.75) is 34.3 Å². The molecule has 0 radical (unpaired) electrons. The molecule has 4 rings (SSSR count). The number of hydrogen-bond donors (Lipinski definition) is 0. The Morgan fingerprint density at radius 2 is 1.15 bits per heavy atom. The van der Waals surface area contributed by atoms with Crippen molar-refractivity contribution in [2.24, 2.45) is 0 Å². The van der Waals surface area contributed by atoms with E-state index in [0.29, 0.717) is 0 Å². The number of ether oxygens (including phenoxy) is 2. The Bertz CT molecular complexity index is 1120. The van der Waals surface area contributed by atoms with Crippen molar-refractivity contribution in [1.29, 1.82) is 0 Å². The Balaban J connectivity index is 1.55. The van der Waals surface area contributed by atoms with Crippen LogP contribution in [0.1, 0.15) is 13.3 Å². The second kappa shape index (κ2) is 12.1.